The molecule has 0 fully saturated rings. The van der Waals surface area contributed by atoms with E-state index >= 15 is 0 Å². The van der Waals surface area contributed by atoms with Crippen molar-refractivity contribution in [1.82, 2.24) is 5.32 Å². The Balaban J connectivity index is 1.71. The summed E-state index contributed by atoms with van der Waals surface area (Å²) in [6.07, 6.45) is 0. The Labute approximate surface area is 145 Å². The normalized spacial score (nSPS) is 14.6. The van der Waals surface area contributed by atoms with E-state index in [4.69, 9.17) is 16.3 Å². The van der Waals surface area contributed by atoms with Gasteiger partial charge in [0.2, 0.25) is 5.91 Å². The summed E-state index contributed by atoms with van der Waals surface area (Å²) in [4.78, 5) is 25.7. The number of halogens is 1. The van der Waals surface area contributed by atoms with E-state index in [9.17, 15) is 9.59 Å². The van der Waals surface area contributed by atoms with Gasteiger partial charge in [-0.3, -0.25) is 4.79 Å². The number of fused-ring (bicyclic) bond motifs is 1. The first-order chi connectivity index (χ1) is 11.5. The van der Waals surface area contributed by atoms with Crippen LogP contribution in [0.15, 0.2) is 48.5 Å². The summed E-state index contributed by atoms with van der Waals surface area (Å²) < 4.78 is 5.18. The first-order valence-electron chi connectivity index (χ1n) is 7.62. The second-order valence-corrected chi connectivity index (χ2v) is 6.08. The maximum atomic E-state index is 12.4. The van der Waals surface area contributed by atoms with Crippen LogP contribution in [-0.4, -0.2) is 25.0 Å². The Hall–Kier alpha value is -2.53. The Bertz CT molecular complexity index is 764. The number of hydrogen-bond donors (Lipinski definition) is 1. The maximum absolute atomic E-state index is 12.4. The second kappa shape index (κ2) is 6.93. The van der Waals surface area contributed by atoms with Crippen molar-refractivity contribution in [3.8, 4) is 5.75 Å². The summed E-state index contributed by atoms with van der Waals surface area (Å²) >= 11 is 6.01. The van der Waals surface area contributed by atoms with Crippen molar-refractivity contribution < 1.29 is 14.3 Å². The van der Waals surface area contributed by atoms with Crippen molar-refractivity contribution in [3.05, 3.63) is 59.1 Å². The first-order valence-corrected chi connectivity index (χ1v) is 8.00. The fourth-order valence-electron chi connectivity index (χ4n) is 2.65. The van der Waals surface area contributed by atoms with Gasteiger partial charge in [0.25, 0.3) is 0 Å². The average Bonchev–Trinajstić information content (AvgIpc) is 2.56. The lowest BCUT2D eigenvalue weighted by Gasteiger charge is -2.29. The molecule has 2 aromatic rings. The molecule has 1 atom stereocenters. The van der Waals surface area contributed by atoms with Crippen LogP contribution >= 0.6 is 11.6 Å². The molecule has 0 radical (unpaired) electrons. The molecule has 1 unspecified atom stereocenters. The molecule has 0 saturated carbocycles. The highest BCUT2D eigenvalue weighted by Gasteiger charge is 2.26. The van der Waals surface area contributed by atoms with E-state index in [1.165, 1.54) is 0 Å². The fraction of sp³-hybridized carbons (Fsp3) is 0.222. The minimum Gasteiger partial charge on any atom is -0.423 e. The number of esters is 1. The topological polar surface area (TPSA) is 58.6 Å². The lowest BCUT2D eigenvalue weighted by Crippen LogP contribution is -2.43. The molecule has 1 aliphatic heterocycles. The van der Waals surface area contributed by atoms with Crippen LogP contribution in [0.5, 0.6) is 5.75 Å². The zero-order valence-corrected chi connectivity index (χ0v) is 13.9. The van der Waals surface area contributed by atoms with Crippen LogP contribution in [0.25, 0.3) is 0 Å². The SMILES string of the molecule is CC(NC(=O)CN1CC(=O)Oc2ccc(Cl)cc21)c1ccccc1. The number of carbonyl (C=O) groups is 2. The molecule has 6 heteroatoms. The Morgan fingerprint density at radius 2 is 2.04 bits per heavy atom. The van der Waals surface area contributed by atoms with Gasteiger partial charge in [0.05, 0.1) is 18.3 Å². The number of amides is 1. The van der Waals surface area contributed by atoms with E-state index in [0.717, 1.165) is 5.56 Å². The largest absolute Gasteiger partial charge is 0.423 e. The molecule has 1 N–H and O–H groups in total. The van der Waals surface area contributed by atoms with E-state index in [2.05, 4.69) is 5.32 Å². The van der Waals surface area contributed by atoms with Crippen LogP contribution in [0.3, 0.4) is 0 Å². The third-order valence-electron chi connectivity index (χ3n) is 3.82. The van der Waals surface area contributed by atoms with E-state index in [0.29, 0.717) is 16.5 Å². The molecule has 2 aromatic carbocycles. The van der Waals surface area contributed by atoms with Crippen molar-refractivity contribution in [3.63, 3.8) is 0 Å². The first kappa shape index (κ1) is 16.3. The van der Waals surface area contributed by atoms with Gasteiger partial charge in [-0.2, -0.15) is 0 Å². The van der Waals surface area contributed by atoms with Crippen molar-refractivity contribution in [1.29, 1.82) is 0 Å². The predicted molar refractivity (Wildman–Crippen MR) is 92.3 cm³/mol. The molecule has 24 heavy (non-hydrogen) atoms. The highest BCUT2D eigenvalue weighted by atomic mass is 35.5. The number of hydrogen-bond acceptors (Lipinski definition) is 4. The van der Waals surface area contributed by atoms with Gasteiger partial charge in [0.15, 0.2) is 5.75 Å². The molecule has 0 spiro atoms. The van der Waals surface area contributed by atoms with Crippen LogP contribution < -0.4 is 15.0 Å². The Kier molecular flexibility index (Phi) is 4.71. The average molecular weight is 345 g/mol. The molecule has 0 aliphatic carbocycles. The zero-order chi connectivity index (χ0) is 17.1. The highest BCUT2D eigenvalue weighted by Crippen LogP contribution is 2.34. The molecule has 1 heterocycles. The zero-order valence-electron chi connectivity index (χ0n) is 13.2. The molecule has 124 valence electrons. The summed E-state index contributed by atoms with van der Waals surface area (Å²) in [6, 6.07) is 14.6. The van der Waals surface area contributed by atoms with Gasteiger partial charge < -0.3 is 15.0 Å². The highest BCUT2D eigenvalue weighted by molar-refractivity contribution is 6.31. The quantitative estimate of drug-likeness (QED) is 0.684. The van der Waals surface area contributed by atoms with Crippen molar-refractivity contribution in [2.24, 2.45) is 0 Å². The minimum absolute atomic E-state index is 0.0144. The molecule has 0 aromatic heterocycles. The molecule has 1 aliphatic rings. The van der Waals surface area contributed by atoms with Gasteiger partial charge >= 0.3 is 5.97 Å². The standard InChI is InChI=1S/C18H17ClN2O3/c1-12(13-5-3-2-4-6-13)20-17(22)10-21-11-18(23)24-16-8-7-14(19)9-15(16)21/h2-9,12H,10-11H2,1H3,(H,20,22). The molecule has 0 bridgehead atoms. The van der Waals surface area contributed by atoms with Gasteiger partial charge in [-0.05, 0) is 30.7 Å². The monoisotopic (exact) mass is 344 g/mol. The van der Waals surface area contributed by atoms with Gasteiger partial charge in [-0.1, -0.05) is 41.9 Å². The number of nitrogens with zero attached hydrogens (tertiary/aromatic N) is 1. The summed E-state index contributed by atoms with van der Waals surface area (Å²) in [5.74, 6) is -0.153. The van der Waals surface area contributed by atoms with Crippen molar-refractivity contribution in [2.45, 2.75) is 13.0 Å². The van der Waals surface area contributed by atoms with Gasteiger partial charge in [-0.25, -0.2) is 4.79 Å². The smallest absolute Gasteiger partial charge is 0.331 e. The molecule has 5 nitrogen and oxygen atoms in total. The van der Waals surface area contributed by atoms with E-state index in [1.807, 2.05) is 37.3 Å². The third-order valence-corrected chi connectivity index (χ3v) is 4.05. The van der Waals surface area contributed by atoms with E-state index in [-0.39, 0.29) is 25.0 Å². The molecule has 3 rings (SSSR count). The maximum Gasteiger partial charge on any atom is 0.331 e. The molecule has 0 saturated heterocycles. The summed E-state index contributed by atoms with van der Waals surface area (Å²) in [5, 5.41) is 3.46. The second-order valence-electron chi connectivity index (χ2n) is 5.64. The van der Waals surface area contributed by atoms with Gasteiger partial charge in [0, 0.05) is 5.02 Å². The van der Waals surface area contributed by atoms with Crippen molar-refractivity contribution in [2.75, 3.05) is 18.0 Å². The van der Waals surface area contributed by atoms with Gasteiger partial charge in [0.1, 0.15) is 6.54 Å². The third kappa shape index (κ3) is 3.68. The Morgan fingerprint density at radius 3 is 2.79 bits per heavy atom. The van der Waals surface area contributed by atoms with Crippen LogP contribution in [0.4, 0.5) is 5.69 Å². The van der Waals surface area contributed by atoms with Crippen LogP contribution in [0.2, 0.25) is 5.02 Å². The van der Waals surface area contributed by atoms with Crippen LogP contribution in [0.1, 0.15) is 18.5 Å². The number of ether oxygens (including phenoxy) is 1. The lowest BCUT2D eigenvalue weighted by atomic mass is 10.1. The number of carbonyl (C=O) groups excluding carboxylic acids is 2. The minimum atomic E-state index is -0.395. The summed E-state index contributed by atoms with van der Waals surface area (Å²) in [6.45, 7) is 1.99. The number of benzene rings is 2. The Morgan fingerprint density at radius 1 is 1.29 bits per heavy atom. The van der Waals surface area contributed by atoms with Crippen LogP contribution in [-0.2, 0) is 9.59 Å². The molecule has 1 amide bonds. The van der Waals surface area contributed by atoms with E-state index in [1.54, 1.807) is 23.1 Å². The lowest BCUT2D eigenvalue weighted by molar-refractivity contribution is -0.133. The predicted octanol–water partition coefficient (Wildman–Crippen LogP) is 2.94. The summed E-state index contributed by atoms with van der Waals surface area (Å²) in [5.41, 5.74) is 1.66. The van der Waals surface area contributed by atoms with E-state index < -0.39 is 5.97 Å². The number of rotatable bonds is 4. The number of nitrogens with one attached hydrogen (secondary N) is 1. The van der Waals surface area contributed by atoms with Gasteiger partial charge in [-0.15, -0.1) is 0 Å². The van der Waals surface area contributed by atoms with Crippen LogP contribution in [0, 0.1) is 0 Å². The molecular weight excluding hydrogens is 328 g/mol. The molecular formula is C18H17ClN2O3. The summed E-state index contributed by atoms with van der Waals surface area (Å²) in [7, 11) is 0. The fourth-order valence-corrected chi connectivity index (χ4v) is 2.81. The number of anilines is 1. The van der Waals surface area contributed by atoms with Crippen molar-refractivity contribution >= 4 is 29.2 Å².